The molecule has 2 amide bonds. The van der Waals surface area contributed by atoms with Gasteiger partial charge in [-0.15, -0.1) is 0 Å². The Hall–Kier alpha value is -3.13. The van der Waals surface area contributed by atoms with E-state index in [-0.39, 0.29) is 73.5 Å². The number of carboxylic acid groups (broad SMARTS) is 1. The number of rotatable bonds is 9. The maximum Gasteiger partial charge on any atom is 0.410 e. The Labute approximate surface area is 291 Å². The van der Waals surface area contributed by atoms with E-state index in [1.165, 1.54) is 12.3 Å². The number of hydrogen-bond acceptors (Lipinski definition) is 8. The Morgan fingerprint density at radius 2 is 1.50 bits per heavy atom. The van der Waals surface area contributed by atoms with Crippen LogP contribution in [0.2, 0.25) is 0 Å². The molecule has 276 valence electrons. The van der Waals surface area contributed by atoms with Crippen molar-refractivity contribution >= 4 is 23.8 Å². The lowest BCUT2D eigenvalue weighted by Gasteiger charge is -2.51. The van der Waals surface area contributed by atoms with Crippen LogP contribution in [0.15, 0.2) is 23.9 Å². The van der Waals surface area contributed by atoms with E-state index in [0.717, 1.165) is 25.7 Å². The molecule has 4 saturated carbocycles. The number of amides is 2. The van der Waals surface area contributed by atoms with Crippen LogP contribution >= 0.6 is 0 Å². The average molecular weight is 706 g/mol. The van der Waals surface area contributed by atoms with Crippen molar-refractivity contribution in [1.29, 1.82) is 0 Å². The SMILES string of the molecule is O=C(/C=C/C1CCC(F)CC1)NC[C@H]1CN(C2CCC(N3CCN(C4CC5C(CC4F)C(=O)C(C(=O)O)=CN5C4CC4)CC3)C(F)C2)C(=O)O1. The van der Waals surface area contributed by atoms with Crippen LogP contribution in [0.1, 0.15) is 70.6 Å². The first kappa shape index (κ1) is 35.3. The first-order valence-corrected chi connectivity index (χ1v) is 18.7. The predicted octanol–water partition coefficient (Wildman–Crippen LogP) is 3.39. The highest BCUT2D eigenvalue weighted by atomic mass is 19.1. The smallest absolute Gasteiger partial charge is 0.410 e. The van der Waals surface area contributed by atoms with Gasteiger partial charge in [0.2, 0.25) is 5.91 Å². The van der Waals surface area contributed by atoms with Gasteiger partial charge in [0.05, 0.1) is 13.1 Å². The average Bonchev–Trinajstić information content (AvgIpc) is 3.88. The van der Waals surface area contributed by atoms with Gasteiger partial charge in [-0.3, -0.25) is 19.4 Å². The van der Waals surface area contributed by atoms with E-state index >= 15 is 8.78 Å². The molecular weight excluding hydrogens is 655 g/mol. The normalized spacial score (nSPS) is 38.9. The minimum Gasteiger partial charge on any atom is -0.478 e. The predicted molar refractivity (Wildman–Crippen MR) is 176 cm³/mol. The van der Waals surface area contributed by atoms with Gasteiger partial charge in [-0.25, -0.2) is 22.8 Å². The van der Waals surface area contributed by atoms with E-state index < -0.39 is 48.4 Å². The van der Waals surface area contributed by atoms with Crippen LogP contribution in [-0.2, 0) is 19.1 Å². The van der Waals surface area contributed by atoms with E-state index in [2.05, 4.69) is 15.1 Å². The van der Waals surface area contributed by atoms with Gasteiger partial charge in [0.15, 0.2) is 5.78 Å². The second-order valence-corrected chi connectivity index (χ2v) is 15.5. The van der Waals surface area contributed by atoms with Gasteiger partial charge in [0.25, 0.3) is 0 Å². The lowest BCUT2D eigenvalue weighted by molar-refractivity contribution is -0.138. The summed E-state index contributed by atoms with van der Waals surface area (Å²) in [6.07, 6.45) is 6.97. The van der Waals surface area contributed by atoms with Crippen molar-refractivity contribution in [2.75, 3.05) is 39.3 Å². The Balaban J connectivity index is 0.862. The van der Waals surface area contributed by atoms with Crippen molar-refractivity contribution in [2.45, 2.75) is 125 Å². The van der Waals surface area contributed by atoms with Crippen LogP contribution in [-0.4, -0.2) is 143 Å². The number of carbonyl (C=O) groups is 4. The molecule has 6 fully saturated rings. The Morgan fingerprint density at radius 1 is 0.840 bits per heavy atom. The Morgan fingerprint density at radius 3 is 2.16 bits per heavy atom. The number of nitrogens with one attached hydrogen (secondary N) is 1. The minimum atomic E-state index is -1.25. The lowest BCUT2D eigenvalue weighted by Crippen LogP contribution is -2.62. The summed E-state index contributed by atoms with van der Waals surface area (Å²) < 4.78 is 50.3. The number of cyclic esters (lactones) is 1. The van der Waals surface area contributed by atoms with Crippen molar-refractivity contribution in [3.05, 3.63) is 23.9 Å². The van der Waals surface area contributed by atoms with Gasteiger partial charge in [-0.1, -0.05) is 6.08 Å². The van der Waals surface area contributed by atoms with E-state index in [1.807, 2.05) is 11.0 Å². The number of allylic oxidation sites excluding steroid dienone is 1. The number of carboxylic acids is 1. The van der Waals surface area contributed by atoms with Gasteiger partial charge >= 0.3 is 12.1 Å². The van der Waals surface area contributed by atoms with Gasteiger partial charge in [-0.2, -0.15) is 0 Å². The van der Waals surface area contributed by atoms with Gasteiger partial charge in [-0.05, 0) is 76.2 Å². The largest absolute Gasteiger partial charge is 0.478 e. The molecule has 7 unspecified atom stereocenters. The topological polar surface area (TPSA) is 123 Å². The van der Waals surface area contributed by atoms with E-state index in [9.17, 15) is 28.7 Å². The molecule has 0 spiro atoms. The second kappa shape index (κ2) is 14.8. The number of carbonyl (C=O) groups excluding carboxylic acids is 3. The summed E-state index contributed by atoms with van der Waals surface area (Å²) >= 11 is 0. The van der Waals surface area contributed by atoms with Crippen molar-refractivity contribution < 1.29 is 42.2 Å². The van der Waals surface area contributed by atoms with Crippen molar-refractivity contribution in [3.8, 4) is 0 Å². The first-order chi connectivity index (χ1) is 24.0. The fourth-order valence-electron chi connectivity index (χ4n) is 9.41. The van der Waals surface area contributed by atoms with Crippen LogP contribution in [0.3, 0.4) is 0 Å². The fraction of sp³-hybridized carbons (Fsp3) is 0.778. The third-order valence-corrected chi connectivity index (χ3v) is 12.4. The number of aliphatic carboxylic acids is 1. The molecule has 3 heterocycles. The zero-order valence-corrected chi connectivity index (χ0v) is 28.5. The quantitative estimate of drug-likeness (QED) is 0.275. The molecule has 11 nitrogen and oxygen atoms in total. The lowest BCUT2D eigenvalue weighted by atomic mass is 9.73. The third kappa shape index (κ3) is 7.56. The number of ether oxygens (including phenoxy) is 1. The Kier molecular flexibility index (Phi) is 10.5. The number of hydrogen-bond donors (Lipinski definition) is 2. The monoisotopic (exact) mass is 705 g/mol. The highest BCUT2D eigenvalue weighted by molar-refractivity contribution is 6.18. The highest BCUT2D eigenvalue weighted by Crippen LogP contribution is 2.43. The number of Topliss-reactive ketones (excluding diaryl/α,β-unsaturated/α-hetero) is 1. The number of ketones is 1. The molecule has 0 radical (unpaired) electrons. The summed E-state index contributed by atoms with van der Waals surface area (Å²) in [5, 5.41) is 12.4. The molecule has 14 heteroatoms. The minimum absolute atomic E-state index is 0.0192. The summed E-state index contributed by atoms with van der Waals surface area (Å²) in [7, 11) is 0. The maximum absolute atomic E-state index is 15.8. The second-order valence-electron chi connectivity index (χ2n) is 15.5. The number of halogens is 3. The standard InChI is InChI=1S/C36H50F3N5O6/c37-22-4-1-21(2-5-22)3-10-33(45)40-18-25-19-44(36(49)50-25)24-8-9-30(28(38)15-24)41-11-13-42(14-12-41)32-17-31-26(16-29(32)39)34(46)27(35(47)48)20-43(31)23-6-7-23/h3,10,20-26,28-32H,1-2,4-9,11-19H2,(H,40,45)(H,47,48)/b10-3+/t21?,22?,24?,25-,26?,28?,29?,30?,31?,32?/m0/s1. The van der Waals surface area contributed by atoms with Crippen LogP contribution in [0.4, 0.5) is 18.0 Å². The molecule has 2 N–H and O–H groups in total. The summed E-state index contributed by atoms with van der Waals surface area (Å²) in [6.45, 7) is 2.82. The molecule has 2 saturated heterocycles. The zero-order chi connectivity index (χ0) is 35.1. The molecule has 0 aromatic heterocycles. The van der Waals surface area contributed by atoms with Crippen molar-refractivity contribution in [3.63, 3.8) is 0 Å². The van der Waals surface area contributed by atoms with Crippen LogP contribution in [0.25, 0.3) is 0 Å². The maximum atomic E-state index is 15.8. The number of piperazine rings is 1. The van der Waals surface area contributed by atoms with Gasteiger partial charge in [0.1, 0.15) is 30.2 Å². The van der Waals surface area contributed by atoms with E-state index in [0.29, 0.717) is 58.3 Å². The zero-order valence-electron chi connectivity index (χ0n) is 28.5. The van der Waals surface area contributed by atoms with Crippen molar-refractivity contribution in [1.82, 2.24) is 24.9 Å². The van der Waals surface area contributed by atoms with Crippen LogP contribution in [0.5, 0.6) is 0 Å². The third-order valence-electron chi connectivity index (χ3n) is 12.4. The summed E-state index contributed by atoms with van der Waals surface area (Å²) in [4.78, 5) is 57.7. The first-order valence-electron chi connectivity index (χ1n) is 18.7. The summed E-state index contributed by atoms with van der Waals surface area (Å²) in [6, 6.07) is -0.944. The molecule has 7 aliphatic rings. The van der Waals surface area contributed by atoms with Gasteiger partial charge in [0, 0.05) is 74.9 Å². The highest BCUT2D eigenvalue weighted by Gasteiger charge is 2.51. The van der Waals surface area contributed by atoms with Crippen molar-refractivity contribution in [2.24, 2.45) is 11.8 Å². The van der Waals surface area contributed by atoms with E-state index in [1.54, 1.807) is 4.90 Å². The molecular formula is C36H50F3N5O6. The molecule has 0 bridgehead atoms. The summed E-state index contributed by atoms with van der Waals surface area (Å²) in [5.74, 6) is -2.44. The van der Waals surface area contributed by atoms with Gasteiger partial charge < -0.3 is 25.0 Å². The number of fused-ring (bicyclic) bond motifs is 1. The number of nitrogens with zero attached hydrogens (tertiary/aromatic N) is 4. The van der Waals surface area contributed by atoms with Crippen LogP contribution in [0, 0.1) is 11.8 Å². The molecule has 0 aromatic rings. The molecule has 3 aliphatic heterocycles. The van der Waals surface area contributed by atoms with E-state index in [4.69, 9.17) is 4.74 Å². The van der Waals surface area contributed by atoms with Crippen LogP contribution < -0.4 is 5.32 Å². The molecule has 4 aliphatic carbocycles. The molecule has 50 heavy (non-hydrogen) atoms. The molecule has 8 atom stereocenters. The fourth-order valence-corrected chi connectivity index (χ4v) is 9.41. The molecule has 7 rings (SSSR count). The molecule has 0 aromatic carbocycles. The summed E-state index contributed by atoms with van der Waals surface area (Å²) in [5.41, 5.74) is -0.239. The number of alkyl halides is 3. The Bertz CT molecular complexity index is 1360.